The summed E-state index contributed by atoms with van der Waals surface area (Å²) in [5.74, 6) is 0.679. The van der Waals surface area contributed by atoms with Crippen molar-refractivity contribution in [2.45, 2.75) is 45.1 Å². The zero-order chi connectivity index (χ0) is 13.0. The Morgan fingerprint density at radius 2 is 2.06 bits per heavy atom. The van der Waals surface area contributed by atoms with Gasteiger partial charge in [-0.2, -0.15) is 5.26 Å². The van der Waals surface area contributed by atoms with E-state index >= 15 is 0 Å². The molecular formula is C15H19BrN2. The van der Waals surface area contributed by atoms with Gasteiger partial charge in [0, 0.05) is 10.5 Å². The number of halogens is 1. The van der Waals surface area contributed by atoms with Crippen molar-refractivity contribution in [3.8, 4) is 6.07 Å². The van der Waals surface area contributed by atoms with Gasteiger partial charge in [0.05, 0.1) is 11.3 Å². The average molecular weight is 307 g/mol. The molecule has 1 saturated carbocycles. The van der Waals surface area contributed by atoms with Crippen LogP contribution in [0.2, 0.25) is 0 Å². The van der Waals surface area contributed by atoms with E-state index in [1.165, 1.54) is 32.1 Å². The lowest BCUT2D eigenvalue weighted by Crippen LogP contribution is -2.26. The number of anilines is 1. The van der Waals surface area contributed by atoms with Crippen LogP contribution in [-0.2, 0) is 0 Å². The molecule has 2 nitrogen and oxygen atoms in total. The predicted molar refractivity (Wildman–Crippen MR) is 78.5 cm³/mol. The molecule has 0 heterocycles. The van der Waals surface area contributed by atoms with E-state index in [1.54, 1.807) is 0 Å². The average Bonchev–Trinajstić information content (AvgIpc) is 2.55. The molecule has 0 radical (unpaired) electrons. The molecule has 1 fully saturated rings. The van der Waals surface area contributed by atoms with Crippen LogP contribution in [0, 0.1) is 17.2 Å². The van der Waals surface area contributed by atoms with Gasteiger partial charge in [-0.05, 0) is 37.0 Å². The third kappa shape index (κ3) is 3.26. The van der Waals surface area contributed by atoms with Crippen LogP contribution in [0.1, 0.15) is 44.6 Å². The van der Waals surface area contributed by atoms with E-state index in [2.05, 4.69) is 34.2 Å². The highest BCUT2D eigenvalue weighted by Crippen LogP contribution is 2.28. The Balaban J connectivity index is 2.17. The zero-order valence-electron chi connectivity index (χ0n) is 10.7. The third-order valence-electron chi connectivity index (χ3n) is 3.80. The molecule has 1 N–H and O–H groups in total. The number of hydrogen-bond acceptors (Lipinski definition) is 2. The van der Waals surface area contributed by atoms with Gasteiger partial charge in [-0.3, -0.25) is 0 Å². The van der Waals surface area contributed by atoms with Crippen molar-refractivity contribution >= 4 is 21.6 Å². The highest BCUT2D eigenvalue weighted by atomic mass is 79.9. The van der Waals surface area contributed by atoms with Crippen LogP contribution < -0.4 is 5.32 Å². The van der Waals surface area contributed by atoms with Crippen molar-refractivity contribution in [3.63, 3.8) is 0 Å². The molecule has 1 aliphatic carbocycles. The van der Waals surface area contributed by atoms with E-state index in [0.29, 0.717) is 12.0 Å². The van der Waals surface area contributed by atoms with Gasteiger partial charge >= 0.3 is 0 Å². The van der Waals surface area contributed by atoms with Gasteiger partial charge in [-0.1, -0.05) is 42.1 Å². The van der Waals surface area contributed by atoms with Gasteiger partial charge in [-0.25, -0.2) is 0 Å². The van der Waals surface area contributed by atoms with Crippen molar-refractivity contribution in [1.29, 1.82) is 5.26 Å². The summed E-state index contributed by atoms with van der Waals surface area (Å²) in [6.07, 6.45) is 6.46. The number of nitrogens with one attached hydrogen (secondary N) is 1. The van der Waals surface area contributed by atoms with Gasteiger partial charge in [-0.15, -0.1) is 0 Å². The predicted octanol–water partition coefficient (Wildman–Crippen LogP) is 4.70. The molecule has 1 aliphatic rings. The second-order valence-electron chi connectivity index (χ2n) is 5.17. The van der Waals surface area contributed by atoms with Crippen molar-refractivity contribution < 1.29 is 0 Å². The number of benzene rings is 1. The first-order valence-corrected chi connectivity index (χ1v) is 7.46. The van der Waals surface area contributed by atoms with E-state index < -0.39 is 0 Å². The highest BCUT2D eigenvalue weighted by molar-refractivity contribution is 9.10. The van der Waals surface area contributed by atoms with Crippen LogP contribution >= 0.6 is 15.9 Å². The summed E-state index contributed by atoms with van der Waals surface area (Å²) in [5.41, 5.74) is 1.69. The van der Waals surface area contributed by atoms with Crippen LogP contribution in [0.3, 0.4) is 0 Å². The molecule has 0 aliphatic heterocycles. The number of nitrogens with zero attached hydrogens (tertiary/aromatic N) is 1. The van der Waals surface area contributed by atoms with Gasteiger partial charge in [0.1, 0.15) is 6.07 Å². The third-order valence-corrected chi connectivity index (χ3v) is 4.30. The summed E-state index contributed by atoms with van der Waals surface area (Å²) in [6, 6.07) is 8.55. The second-order valence-corrected chi connectivity index (χ2v) is 6.08. The monoisotopic (exact) mass is 306 g/mol. The Morgan fingerprint density at radius 1 is 1.28 bits per heavy atom. The summed E-state index contributed by atoms with van der Waals surface area (Å²) < 4.78 is 1.02. The fraction of sp³-hybridized carbons (Fsp3) is 0.533. The number of rotatable bonds is 2. The maximum Gasteiger partial charge on any atom is 0.101 e. The number of hydrogen-bond donors (Lipinski definition) is 1. The summed E-state index contributed by atoms with van der Waals surface area (Å²) in [7, 11) is 0. The van der Waals surface area contributed by atoms with E-state index in [-0.39, 0.29) is 0 Å². The summed E-state index contributed by atoms with van der Waals surface area (Å²) in [5, 5.41) is 12.7. The minimum atomic E-state index is 0.494. The molecule has 0 saturated heterocycles. The second kappa shape index (κ2) is 6.24. The molecule has 0 amide bonds. The molecule has 1 aromatic rings. The van der Waals surface area contributed by atoms with E-state index in [9.17, 15) is 0 Å². The minimum Gasteiger partial charge on any atom is -0.381 e. The Hall–Kier alpha value is -1.01. The summed E-state index contributed by atoms with van der Waals surface area (Å²) in [4.78, 5) is 0. The molecule has 18 heavy (non-hydrogen) atoms. The standard InChI is InChI=1S/C15H19BrN2/c1-11-5-3-2-4-6-14(11)18-15-9-13(16)8-7-12(15)10-17/h7-9,11,14,18H,2-6H2,1H3. The van der Waals surface area contributed by atoms with Crippen molar-refractivity contribution in [3.05, 3.63) is 28.2 Å². The Labute approximate surface area is 118 Å². The van der Waals surface area contributed by atoms with E-state index in [4.69, 9.17) is 5.26 Å². The lowest BCUT2D eigenvalue weighted by atomic mass is 9.96. The summed E-state index contributed by atoms with van der Waals surface area (Å²) >= 11 is 3.47. The van der Waals surface area contributed by atoms with E-state index in [0.717, 1.165) is 15.7 Å². The fourth-order valence-corrected chi connectivity index (χ4v) is 3.00. The zero-order valence-corrected chi connectivity index (χ0v) is 12.3. The van der Waals surface area contributed by atoms with Crippen LogP contribution in [0.5, 0.6) is 0 Å². The Morgan fingerprint density at radius 3 is 2.83 bits per heavy atom. The fourth-order valence-electron chi connectivity index (χ4n) is 2.64. The molecule has 1 aromatic carbocycles. The molecular weight excluding hydrogens is 288 g/mol. The van der Waals surface area contributed by atoms with Gasteiger partial charge in [0.25, 0.3) is 0 Å². The van der Waals surface area contributed by atoms with Gasteiger partial charge in [0.15, 0.2) is 0 Å². The molecule has 0 bridgehead atoms. The molecule has 3 heteroatoms. The van der Waals surface area contributed by atoms with Crippen LogP contribution in [-0.4, -0.2) is 6.04 Å². The number of nitriles is 1. The van der Waals surface area contributed by atoms with Crippen molar-refractivity contribution in [2.24, 2.45) is 5.92 Å². The maximum atomic E-state index is 9.15. The van der Waals surface area contributed by atoms with Crippen LogP contribution in [0.4, 0.5) is 5.69 Å². The molecule has 2 unspecified atom stereocenters. The Kier molecular flexibility index (Phi) is 4.66. The SMILES string of the molecule is CC1CCCCCC1Nc1cc(Br)ccc1C#N. The van der Waals surface area contributed by atoms with Crippen molar-refractivity contribution in [2.75, 3.05) is 5.32 Å². The molecule has 0 spiro atoms. The van der Waals surface area contributed by atoms with Gasteiger partial charge < -0.3 is 5.32 Å². The maximum absolute atomic E-state index is 9.15. The lowest BCUT2D eigenvalue weighted by Gasteiger charge is -2.24. The topological polar surface area (TPSA) is 35.8 Å². The lowest BCUT2D eigenvalue weighted by molar-refractivity contribution is 0.456. The largest absolute Gasteiger partial charge is 0.381 e. The molecule has 2 atom stereocenters. The minimum absolute atomic E-state index is 0.494. The normalized spacial score (nSPS) is 24.1. The highest BCUT2D eigenvalue weighted by Gasteiger charge is 2.20. The molecule has 96 valence electrons. The van der Waals surface area contributed by atoms with Crippen LogP contribution in [0.15, 0.2) is 22.7 Å². The van der Waals surface area contributed by atoms with Crippen LogP contribution in [0.25, 0.3) is 0 Å². The molecule has 0 aromatic heterocycles. The quantitative estimate of drug-likeness (QED) is 0.804. The van der Waals surface area contributed by atoms with Crippen molar-refractivity contribution in [1.82, 2.24) is 0 Å². The molecule has 2 rings (SSSR count). The van der Waals surface area contributed by atoms with Gasteiger partial charge in [0.2, 0.25) is 0 Å². The summed E-state index contributed by atoms with van der Waals surface area (Å²) in [6.45, 7) is 2.31. The van der Waals surface area contributed by atoms with E-state index in [1.807, 2.05) is 18.2 Å². The Bertz CT molecular complexity index is 450. The first kappa shape index (κ1) is 13.4. The smallest absolute Gasteiger partial charge is 0.101 e. The first-order valence-electron chi connectivity index (χ1n) is 6.67. The first-order chi connectivity index (χ1) is 8.70.